The van der Waals surface area contributed by atoms with Gasteiger partial charge in [0.05, 0.1) is 5.92 Å². The van der Waals surface area contributed by atoms with Crippen LogP contribution < -0.4 is 0 Å². The minimum Gasteiger partial charge on any atom is -0.341 e. The highest BCUT2D eigenvalue weighted by atomic mass is 16.2. The van der Waals surface area contributed by atoms with Crippen LogP contribution >= 0.6 is 0 Å². The molecule has 3 aromatic rings. The summed E-state index contributed by atoms with van der Waals surface area (Å²) >= 11 is 0. The lowest BCUT2D eigenvalue weighted by molar-refractivity contribution is -0.131. The summed E-state index contributed by atoms with van der Waals surface area (Å²) in [6, 6.07) is 30.0. The quantitative estimate of drug-likeness (QED) is 0.680. The van der Waals surface area contributed by atoms with E-state index in [0.717, 1.165) is 16.7 Å². The molecule has 0 atom stereocenters. The van der Waals surface area contributed by atoms with Gasteiger partial charge in [-0.25, -0.2) is 0 Å². The molecule has 1 amide bonds. The molecule has 0 spiro atoms. The van der Waals surface area contributed by atoms with Crippen molar-refractivity contribution in [2.24, 2.45) is 0 Å². The van der Waals surface area contributed by atoms with Crippen LogP contribution in [0.1, 0.15) is 22.6 Å². The highest BCUT2D eigenvalue weighted by molar-refractivity contribution is 5.87. The normalized spacial score (nSPS) is 10.6. The van der Waals surface area contributed by atoms with Gasteiger partial charge in [-0.05, 0) is 16.7 Å². The maximum absolute atomic E-state index is 13.2. The summed E-state index contributed by atoms with van der Waals surface area (Å²) < 4.78 is 0. The molecule has 0 radical (unpaired) electrons. The van der Waals surface area contributed by atoms with Gasteiger partial charge in [-0.15, -0.1) is 0 Å². The average Bonchev–Trinajstić information content (AvgIpc) is 2.64. The first-order chi connectivity index (χ1) is 11.8. The van der Waals surface area contributed by atoms with E-state index in [1.54, 1.807) is 4.90 Å². The zero-order valence-corrected chi connectivity index (χ0v) is 13.8. The van der Waals surface area contributed by atoms with Gasteiger partial charge < -0.3 is 4.90 Å². The molecule has 3 rings (SSSR count). The maximum Gasteiger partial charge on any atom is 0.234 e. The van der Waals surface area contributed by atoms with Gasteiger partial charge in [-0.2, -0.15) is 0 Å². The Labute approximate surface area is 143 Å². The second-order valence-electron chi connectivity index (χ2n) is 5.93. The molecular weight excluding hydrogens is 294 g/mol. The summed E-state index contributed by atoms with van der Waals surface area (Å²) in [7, 11) is 1.87. The molecule has 120 valence electrons. The van der Waals surface area contributed by atoms with Gasteiger partial charge >= 0.3 is 0 Å². The first kappa shape index (κ1) is 16.0. The third-order valence-corrected chi connectivity index (χ3v) is 4.15. The molecule has 2 nitrogen and oxygen atoms in total. The van der Waals surface area contributed by atoms with Crippen molar-refractivity contribution in [1.82, 2.24) is 4.90 Å². The monoisotopic (exact) mass is 315 g/mol. The third-order valence-electron chi connectivity index (χ3n) is 4.15. The number of carbonyl (C=O) groups is 1. The minimum atomic E-state index is -0.277. The van der Waals surface area contributed by atoms with Gasteiger partial charge in [0.15, 0.2) is 0 Å². The number of hydrogen-bond acceptors (Lipinski definition) is 1. The van der Waals surface area contributed by atoms with E-state index in [1.165, 1.54) is 0 Å². The Kier molecular flexibility index (Phi) is 5.07. The molecule has 0 fully saturated rings. The predicted octanol–water partition coefficient (Wildman–Crippen LogP) is 4.48. The van der Waals surface area contributed by atoms with Crippen molar-refractivity contribution < 1.29 is 4.79 Å². The molecule has 0 unspecified atom stereocenters. The largest absolute Gasteiger partial charge is 0.341 e. The van der Waals surface area contributed by atoms with Crippen LogP contribution in [0.15, 0.2) is 91.0 Å². The Morgan fingerprint density at radius 2 is 1.17 bits per heavy atom. The lowest BCUT2D eigenvalue weighted by Crippen LogP contribution is -2.32. The summed E-state index contributed by atoms with van der Waals surface area (Å²) in [5.41, 5.74) is 3.18. The van der Waals surface area contributed by atoms with Gasteiger partial charge in [-0.3, -0.25) is 4.79 Å². The maximum atomic E-state index is 13.2. The molecule has 0 aliphatic rings. The van der Waals surface area contributed by atoms with Crippen LogP contribution in [0.5, 0.6) is 0 Å². The number of nitrogens with zero attached hydrogens (tertiary/aromatic N) is 1. The number of benzene rings is 3. The van der Waals surface area contributed by atoms with E-state index in [1.807, 2.05) is 98.0 Å². The molecule has 0 saturated heterocycles. The molecule has 24 heavy (non-hydrogen) atoms. The van der Waals surface area contributed by atoms with Crippen molar-refractivity contribution in [3.63, 3.8) is 0 Å². The lowest BCUT2D eigenvalue weighted by atomic mass is 9.90. The van der Waals surface area contributed by atoms with Crippen molar-refractivity contribution in [3.05, 3.63) is 108 Å². The first-order valence-corrected chi connectivity index (χ1v) is 8.14. The summed E-state index contributed by atoms with van der Waals surface area (Å²) in [6.45, 7) is 0.607. The summed E-state index contributed by atoms with van der Waals surface area (Å²) in [5.74, 6) is -0.169. The van der Waals surface area contributed by atoms with Crippen LogP contribution in [0, 0.1) is 0 Å². The summed E-state index contributed by atoms with van der Waals surface area (Å²) in [4.78, 5) is 15.0. The van der Waals surface area contributed by atoms with Crippen molar-refractivity contribution in [3.8, 4) is 0 Å². The van der Waals surface area contributed by atoms with Crippen LogP contribution in [-0.2, 0) is 11.3 Å². The van der Waals surface area contributed by atoms with Gasteiger partial charge in [0, 0.05) is 13.6 Å². The van der Waals surface area contributed by atoms with E-state index in [2.05, 4.69) is 0 Å². The Morgan fingerprint density at radius 3 is 1.62 bits per heavy atom. The second-order valence-corrected chi connectivity index (χ2v) is 5.93. The van der Waals surface area contributed by atoms with Gasteiger partial charge in [0.2, 0.25) is 5.91 Å². The number of carbonyl (C=O) groups excluding carboxylic acids is 1. The van der Waals surface area contributed by atoms with Crippen molar-refractivity contribution in [2.75, 3.05) is 7.05 Å². The minimum absolute atomic E-state index is 0.108. The van der Waals surface area contributed by atoms with E-state index in [0.29, 0.717) is 6.54 Å². The fraction of sp³-hybridized carbons (Fsp3) is 0.136. The molecule has 0 aromatic heterocycles. The Balaban J connectivity index is 1.89. The van der Waals surface area contributed by atoms with Crippen molar-refractivity contribution >= 4 is 5.91 Å². The molecule has 0 saturated carbocycles. The van der Waals surface area contributed by atoms with Crippen LogP contribution in [0.2, 0.25) is 0 Å². The predicted molar refractivity (Wildman–Crippen MR) is 97.6 cm³/mol. The topological polar surface area (TPSA) is 20.3 Å². The lowest BCUT2D eigenvalue weighted by Gasteiger charge is -2.24. The fourth-order valence-corrected chi connectivity index (χ4v) is 2.92. The molecule has 0 aliphatic heterocycles. The van der Waals surface area contributed by atoms with Crippen LogP contribution in [0.4, 0.5) is 0 Å². The number of likely N-dealkylation sites (N-methyl/N-ethyl adjacent to an activating group) is 1. The fourth-order valence-electron chi connectivity index (χ4n) is 2.92. The molecule has 2 heteroatoms. The zero-order valence-electron chi connectivity index (χ0n) is 13.8. The number of amides is 1. The average molecular weight is 315 g/mol. The SMILES string of the molecule is CN(Cc1ccccc1)C(=O)C(c1ccccc1)c1ccccc1. The van der Waals surface area contributed by atoms with Gasteiger partial charge in [0.1, 0.15) is 0 Å². The number of rotatable bonds is 5. The van der Waals surface area contributed by atoms with E-state index in [-0.39, 0.29) is 11.8 Å². The third kappa shape index (κ3) is 3.72. The first-order valence-electron chi connectivity index (χ1n) is 8.14. The molecule has 0 aliphatic carbocycles. The van der Waals surface area contributed by atoms with E-state index in [4.69, 9.17) is 0 Å². The number of hydrogen-bond donors (Lipinski definition) is 0. The van der Waals surface area contributed by atoms with Gasteiger partial charge in [0.25, 0.3) is 0 Å². The van der Waals surface area contributed by atoms with E-state index < -0.39 is 0 Å². The molecule has 0 bridgehead atoms. The van der Waals surface area contributed by atoms with Crippen LogP contribution in [0.25, 0.3) is 0 Å². The summed E-state index contributed by atoms with van der Waals surface area (Å²) in [6.07, 6.45) is 0. The highest BCUT2D eigenvalue weighted by Crippen LogP contribution is 2.27. The molecule has 0 heterocycles. The molecule has 3 aromatic carbocycles. The summed E-state index contributed by atoms with van der Waals surface area (Å²) in [5, 5.41) is 0. The Hall–Kier alpha value is -2.87. The van der Waals surface area contributed by atoms with Crippen molar-refractivity contribution in [2.45, 2.75) is 12.5 Å². The smallest absolute Gasteiger partial charge is 0.234 e. The second kappa shape index (κ2) is 7.60. The van der Waals surface area contributed by atoms with Crippen molar-refractivity contribution in [1.29, 1.82) is 0 Å². The molecule has 0 N–H and O–H groups in total. The molecular formula is C22H21NO. The van der Waals surface area contributed by atoms with Gasteiger partial charge in [-0.1, -0.05) is 91.0 Å². The Morgan fingerprint density at radius 1 is 0.750 bits per heavy atom. The van der Waals surface area contributed by atoms with Crippen LogP contribution in [0.3, 0.4) is 0 Å². The van der Waals surface area contributed by atoms with Crippen LogP contribution in [-0.4, -0.2) is 17.9 Å². The Bertz CT molecular complexity index is 729. The van der Waals surface area contributed by atoms with E-state index in [9.17, 15) is 4.79 Å². The standard InChI is InChI=1S/C22H21NO/c1-23(17-18-11-5-2-6-12-18)22(24)21(19-13-7-3-8-14-19)20-15-9-4-10-16-20/h2-16,21H,17H2,1H3. The highest BCUT2D eigenvalue weighted by Gasteiger charge is 2.25. The van der Waals surface area contributed by atoms with E-state index >= 15 is 0 Å². The zero-order chi connectivity index (χ0) is 16.8.